The van der Waals surface area contributed by atoms with Crippen LogP contribution in [0.3, 0.4) is 0 Å². The average molecular weight is 339 g/mol. The normalized spacial score (nSPS) is 23.4. The number of carbonyl (C=O) groups is 1. The number of aromatic nitrogens is 2. The quantitative estimate of drug-likeness (QED) is 0.864. The number of likely N-dealkylation sites (tertiary alicyclic amines) is 1. The molecule has 2 aliphatic heterocycles. The molecule has 1 amide bonds. The van der Waals surface area contributed by atoms with Crippen molar-refractivity contribution in [2.24, 2.45) is 0 Å². The van der Waals surface area contributed by atoms with Crippen LogP contribution < -0.4 is 0 Å². The second-order valence-electron chi connectivity index (χ2n) is 7.09. The van der Waals surface area contributed by atoms with Crippen molar-refractivity contribution in [1.82, 2.24) is 14.7 Å². The Morgan fingerprint density at radius 3 is 2.68 bits per heavy atom. The Labute approximate surface area is 148 Å². The third kappa shape index (κ3) is 3.09. The minimum atomic E-state index is -0.439. The van der Waals surface area contributed by atoms with Crippen LogP contribution in [0.5, 0.6) is 0 Å². The minimum Gasteiger partial charge on any atom is -0.381 e. The molecule has 4 rings (SSSR count). The van der Waals surface area contributed by atoms with Crippen LogP contribution in [0.1, 0.15) is 37.3 Å². The van der Waals surface area contributed by atoms with Crippen molar-refractivity contribution in [3.05, 3.63) is 54.4 Å². The number of amides is 1. The predicted octanol–water partition coefficient (Wildman–Crippen LogP) is 2.80. The van der Waals surface area contributed by atoms with Crippen LogP contribution in [0.25, 0.3) is 0 Å². The van der Waals surface area contributed by atoms with Gasteiger partial charge in [-0.05, 0) is 37.3 Å². The Bertz CT molecular complexity index is 693. The first-order chi connectivity index (χ1) is 12.3. The summed E-state index contributed by atoms with van der Waals surface area (Å²) < 4.78 is 7.58. The van der Waals surface area contributed by atoms with Gasteiger partial charge in [-0.25, -0.2) is 0 Å². The number of hydrogen-bond acceptors (Lipinski definition) is 3. The predicted molar refractivity (Wildman–Crippen MR) is 95.3 cm³/mol. The molecular formula is C20H25N3O2. The summed E-state index contributed by atoms with van der Waals surface area (Å²) in [4.78, 5) is 15.7. The highest BCUT2D eigenvalue weighted by Gasteiger charge is 2.44. The van der Waals surface area contributed by atoms with E-state index in [0.717, 1.165) is 44.3 Å². The van der Waals surface area contributed by atoms with E-state index in [-0.39, 0.29) is 11.9 Å². The van der Waals surface area contributed by atoms with Crippen LogP contribution in [-0.4, -0.2) is 46.9 Å². The molecule has 5 nitrogen and oxygen atoms in total. The zero-order valence-corrected chi connectivity index (χ0v) is 14.5. The molecule has 1 aromatic carbocycles. The fourth-order valence-corrected chi connectivity index (χ4v) is 4.26. The molecule has 3 heterocycles. The Morgan fingerprint density at radius 2 is 1.96 bits per heavy atom. The summed E-state index contributed by atoms with van der Waals surface area (Å²) in [6.45, 7) is 2.89. The summed E-state index contributed by atoms with van der Waals surface area (Å²) in [5, 5.41) is 4.38. The molecular weight excluding hydrogens is 314 g/mol. The van der Waals surface area contributed by atoms with Gasteiger partial charge in [-0.15, -0.1) is 0 Å². The molecule has 0 N–H and O–H groups in total. The second-order valence-corrected chi connectivity index (χ2v) is 7.09. The molecule has 1 aromatic heterocycles. The van der Waals surface area contributed by atoms with Crippen LogP contribution in [0, 0.1) is 0 Å². The van der Waals surface area contributed by atoms with E-state index in [2.05, 4.69) is 22.1 Å². The van der Waals surface area contributed by atoms with Gasteiger partial charge in [-0.2, -0.15) is 5.10 Å². The number of benzene rings is 1. The number of hydrogen-bond donors (Lipinski definition) is 0. The Morgan fingerprint density at radius 1 is 1.16 bits per heavy atom. The average Bonchev–Trinajstić information content (AvgIpc) is 3.24. The van der Waals surface area contributed by atoms with Crippen LogP contribution >= 0.6 is 0 Å². The fourth-order valence-electron chi connectivity index (χ4n) is 4.26. The van der Waals surface area contributed by atoms with Gasteiger partial charge in [0, 0.05) is 38.7 Å². The van der Waals surface area contributed by atoms with Crippen LogP contribution in [0.4, 0.5) is 0 Å². The number of rotatable bonds is 3. The molecule has 132 valence electrons. The maximum absolute atomic E-state index is 13.6. The highest BCUT2D eigenvalue weighted by Crippen LogP contribution is 2.38. The molecule has 0 aliphatic carbocycles. The molecule has 2 aliphatic rings. The van der Waals surface area contributed by atoms with Crippen molar-refractivity contribution in [2.75, 3.05) is 26.3 Å². The van der Waals surface area contributed by atoms with Gasteiger partial charge in [-0.1, -0.05) is 30.3 Å². The number of nitrogens with zero attached hydrogens (tertiary/aromatic N) is 3. The zero-order valence-electron chi connectivity index (χ0n) is 14.5. The van der Waals surface area contributed by atoms with Gasteiger partial charge in [0.1, 0.15) is 0 Å². The Hall–Kier alpha value is -2.14. The molecule has 2 fully saturated rings. The summed E-state index contributed by atoms with van der Waals surface area (Å²) in [6.07, 6.45) is 7.44. The Balaban J connectivity index is 1.60. The van der Waals surface area contributed by atoms with Crippen molar-refractivity contribution in [1.29, 1.82) is 0 Å². The lowest BCUT2D eigenvalue weighted by Crippen LogP contribution is -2.52. The molecule has 0 spiro atoms. The number of piperidine rings is 1. The number of ether oxygens (including phenoxy) is 1. The van der Waals surface area contributed by atoms with E-state index >= 15 is 0 Å². The largest absolute Gasteiger partial charge is 0.381 e. The van der Waals surface area contributed by atoms with Gasteiger partial charge in [0.2, 0.25) is 5.91 Å². The Kier molecular flexibility index (Phi) is 4.57. The van der Waals surface area contributed by atoms with E-state index < -0.39 is 5.41 Å². The third-order valence-corrected chi connectivity index (χ3v) is 5.66. The molecule has 0 radical (unpaired) electrons. The lowest BCUT2D eigenvalue weighted by atomic mass is 9.72. The highest BCUT2D eigenvalue weighted by atomic mass is 16.5. The van der Waals surface area contributed by atoms with Crippen molar-refractivity contribution < 1.29 is 9.53 Å². The standard InChI is InChI=1S/C20H25N3O2/c24-19(22-12-4-8-18(16-22)23-13-5-11-21-23)20(9-14-25-15-10-20)17-6-2-1-3-7-17/h1-3,5-7,11,13,18H,4,8-10,12,14-16H2/t18-/m1/s1. The molecule has 1 atom stereocenters. The van der Waals surface area contributed by atoms with E-state index in [1.165, 1.54) is 0 Å². The SMILES string of the molecule is O=C(N1CCC[C@@H](n2cccn2)C1)C1(c2ccccc2)CCOCC1. The van der Waals surface area contributed by atoms with Crippen molar-refractivity contribution in [3.63, 3.8) is 0 Å². The summed E-state index contributed by atoms with van der Waals surface area (Å²) >= 11 is 0. The first-order valence-corrected chi connectivity index (χ1v) is 9.21. The van der Waals surface area contributed by atoms with Crippen LogP contribution in [0.15, 0.2) is 48.8 Å². The van der Waals surface area contributed by atoms with Gasteiger partial charge >= 0.3 is 0 Å². The second kappa shape index (κ2) is 7.00. The van der Waals surface area contributed by atoms with E-state index in [4.69, 9.17) is 4.74 Å². The topological polar surface area (TPSA) is 47.4 Å². The lowest BCUT2D eigenvalue weighted by Gasteiger charge is -2.42. The van der Waals surface area contributed by atoms with Crippen molar-refractivity contribution in [3.8, 4) is 0 Å². The fraction of sp³-hybridized carbons (Fsp3) is 0.500. The maximum atomic E-state index is 13.6. The summed E-state index contributed by atoms with van der Waals surface area (Å²) in [5.41, 5.74) is 0.690. The van der Waals surface area contributed by atoms with Crippen LogP contribution in [0.2, 0.25) is 0 Å². The summed E-state index contributed by atoms with van der Waals surface area (Å²) in [5.74, 6) is 0.263. The first kappa shape index (κ1) is 16.3. The third-order valence-electron chi connectivity index (χ3n) is 5.66. The van der Waals surface area contributed by atoms with Gasteiger partial charge in [-0.3, -0.25) is 9.48 Å². The summed E-state index contributed by atoms with van der Waals surface area (Å²) in [7, 11) is 0. The number of carbonyl (C=O) groups excluding carboxylic acids is 1. The smallest absolute Gasteiger partial charge is 0.233 e. The molecule has 25 heavy (non-hydrogen) atoms. The molecule has 5 heteroatoms. The minimum absolute atomic E-state index is 0.263. The van der Waals surface area contributed by atoms with Gasteiger partial charge < -0.3 is 9.64 Å². The van der Waals surface area contributed by atoms with E-state index in [0.29, 0.717) is 13.2 Å². The van der Waals surface area contributed by atoms with Gasteiger partial charge in [0.15, 0.2) is 0 Å². The van der Waals surface area contributed by atoms with E-state index in [1.807, 2.05) is 41.3 Å². The summed E-state index contributed by atoms with van der Waals surface area (Å²) in [6, 6.07) is 12.5. The molecule has 0 unspecified atom stereocenters. The van der Waals surface area contributed by atoms with Gasteiger partial charge in [0.05, 0.1) is 11.5 Å². The molecule has 2 aromatic rings. The molecule has 2 saturated heterocycles. The maximum Gasteiger partial charge on any atom is 0.233 e. The molecule has 0 saturated carbocycles. The van der Waals surface area contributed by atoms with Gasteiger partial charge in [0.25, 0.3) is 0 Å². The zero-order chi connectivity index (χ0) is 17.1. The van der Waals surface area contributed by atoms with Crippen molar-refractivity contribution in [2.45, 2.75) is 37.1 Å². The lowest BCUT2D eigenvalue weighted by molar-refractivity contribution is -0.143. The highest BCUT2D eigenvalue weighted by molar-refractivity contribution is 5.88. The van der Waals surface area contributed by atoms with Crippen LogP contribution in [-0.2, 0) is 14.9 Å². The molecule has 0 bridgehead atoms. The monoisotopic (exact) mass is 339 g/mol. The van der Waals surface area contributed by atoms with E-state index in [9.17, 15) is 4.79 Å². The first-order valence-electron chi connectivity index (χ1n) is 9.21. The van der Waals surface area contributed by atoms with E-state index in [1.54, 1.807) is 0 Å². The van der Waals surface area contributed by atoms with Crippen molar-refractivity contribution >= 4 is 5.91 Å².